The average molecular weight is 345 g/mol. The quantitative estimate of drug-likeness (QED) is 0.588. The van der Waals surface area contributed by atoms with Crippen molar-refractivity contribution in [3.63, 3.8) is 0 Å². The molecule has 0 aromatic rings. The van der Waals surface area contributed by atoms with Gasteiger partial charge in [0.2, 0.25) is 0 Å². The Bertz CT molecular complexity index is 376. The molecule has 1 fully saturated rings. The molecule has 1 aliphatic carbocycles. The normalized spacial score (nSPS) is 29.8. The first-order valence-corrected chi connectivity index (χ1v) is 12.6. The Labute approximate surface area is 143 Å². The van der Waals surface area contributed by atoms with E-state index in [1.54, 1.807) is 6.92 Å². The lowest BCUT2D eigenvalue weighted by Gasteiger charge is -2.38. The molecule has 0 aromatic carbocycles. The zero-order valence-corrected chi connectivity index (χ0v) is 17.7. The number of carbonyl (C=O) groups excluding carboxylic acids is 1. The molecule has 0 saturated heterocycles. The molecular formula is C18H36O2SSi. The molecule has 0 aliphatic heterocycles. The van der Waals surface area contributed by atoms with Crippen molar-refractivity contribution >= 4 is 25.2 Å². The van der Waals surface area contributed by atoms with E-state index in [9.17, 15) is 4.79 Å². The zero-order valence-electron chi connectivity index (χ0n) is 15.9. The topological polar surface area (TPSA) is 26.3 Å². The van der Waals surface area contributed by atoms with Gasteiger partial charge in [0.1, 0.15) is 0 Å². The monoisotopic (exact) mass is 344 g/mol. The molecule has 1 saturated carbocycles. The van der Waals surface area contributed by atoms with Crippen LogP contribution in [0.5, 0.6) is 0 Å². The average Bonchev–Trinajstić information content (AvgIpc) is 2.60. The second-order valence-corrected chi connectivity index (χ2v) is 14.8. The summed E-state index contributed by atoms with van der Waals surface area (Å²) in [5.41, 5.74) is 0. The van der Waals surface area contributed by atoms with Crippen molar-refractivity contribution < 1.29 is 9.22 Å². The third kappa shape index (κ3) is 5.38. The van der Waals surface area contributed by atoms with E-state index in [0.29, 0.717) is 11.8 Å². The van der Waals surface area contributed by atoms with E-state index < -0.39 is 8.32 Å². The van der Waals surface area contributed by atoms with Crippen LogP contribution in [-0.2, 0) is 9.22 Å². The Hall–Kier alpha value is 0.197. The van der Waals surface area contributed by atoms with Crippen LogP contribution in [0.1, 0.15) is 54.4 Å². The van der Waals surface area contributed by atoms with Gasteiger partial charge < -0.3 is 4.43 Å². The van der Waals surface area contributed by atoms with E-state index in [4.69, 9.17) is 4.43 Å². The summed E-state index contributed by atoms with van der Waals surface area (Å²) in [7, 11) is -1.66. The fourth-order valence-corrected chi connectivity index (χ4v) is 5.15. The molecule has 0 bridgehead atoms. The highest BCUT2D eigenvalue weighted by Crippen LogP contribution is 2.45. The smallest absolute Gasteiger partial charge is 0.191 e. The van der Waals surface area contributed by atoms with Crippen molar-refractivity contribution in [3.8, 4) is 0 Å². The predicted molar refractivity (Wildman–Crippen MR) is 101 cm³/mol. The third-order valence-corrected chi connectivity index (χ3v) is 11.3. The highest BCUT2D eigenvalue weighted by molar-refractivity contribution is 8.13. The van der Waals surface area contributed by atoms with Gasteiger partial charge >= 0.3 is 0 Å². The number of rotatable bonds is 6. The maximum Gasteiger partial charge on any atom is 0.191 e. The molecule has 130 valence electrons. The van der Waals surface area contributed by atoms with Gasteiger partial charge in [0.15, 0.2) is 13.4 Å². The molecule has 22 heavy (non-hydrogen) atoms. The maximum atomic E-state index is 11.2. The molecule has 1 rings (SSSR count). The second kappa shape index (κ2) is 7.85. The van der Waals surface area contributed by atoms with Crippen molar-refractivity contribution in [3.05, 3.63) is 0 Å². The van der Waals surface area contributed by atoms with Crippen LogP contribution in [0.25, 0.3) is 0 Å². The van der Waals surface area contributed by atoms with Crippen LogP contribution in [0.3, 0.4) is 0 Å². The Morgan fingerprint density at radius 2 is 1.73 bits per heavy atom. The second-order valence-electron chi connectivity index (χ2n) is 8.72. The molecule has 0 aromatic heterocycles. The van der Waals surface area contributed by atoms with Gasteiger partial charge in [-0.25, -0.2) is 0 Å². The van der Waals surface area contributed by atoms with Gasteiger partial charge in [-0.3, -0.25) is 4.79 Å². The zero-order chi connectivity index (χ0) is 17.1. The van der Waals surface area contributed by atoms with Gasteiger partial charge in [0, 0.05) is 19.3 Å². The van der Waals surface area contributed by atoms with Crippen molar-refractivity contribution in [2.45, 2.75) is 72.5 Å². The van der Waals surface area contributed by atoms with Gasteiger partial charge in [0.25, 0.3) is 0 Å². The van der Waals surface area contributed by atoms with Gasteiger partial charge in [-0.15, -0.1) is 0 Å². The van der Waals surface area contributed by atoms with Gasteiger partial charge in [-0.1, -0.05) is 46.4 Å². The van der Waals surface area contributed by atoms with Crippen molar-refractivity contribution in [1.82, 2.24) is 0 Å². The number of hydrogen-bond donors (Lipinski definition) is 0. The van der Waals surface area contributed by atoms with E-state index >= 15 is 0 Å². The van der Waals surface area contributed by atoms with Crippen LogP contribution < -0.4 is 0 Å². The summed E-state index contributed by atoms with van der Waals surface area (Å²) < 4.78 is 6.52. The summed E-state index contributed by atoms with van der Waals surface area (Å²) in [6.07, 6.45) is 2.46. The fraction of sp³-hybridized carbons (Fsp3) is 0.944. The highest BCUT2D eigenvalue weighted by atomic mass is 32.2. The minimum absolute atomic E-state index is 0.243. The van der Waals surface area contributed by atoms with Crippen LogP contribution in [0.15, 0.2) is 0 Å². The molecule has 0 radical (unpaired) electrons. The molecule has 1 aliphatic rings. The standard InChI is InChI=1S/C18H36O2SSi/c1-13-11-14(2)17(16(13)9-10-21-15(3)19)12-20-22(7,8)18(4,5)6/h13-14,16-17H,9-12H2,1-8H3/t13-,14+,16-,17-/m0/s1. The third-order valence-electron chi connectivity index (χ3n) is 5.95. The van der Waals surface area contributed by atoms with E-state index in [0.717, 1.165) is 30.6 Å². The van der Waals surface area contributed by atoms with Crippen molar-refractivity contribution in [2.24, 2.45) is 23.7 Å². The minimum atomic E-state index is -1.66. The SMILES string of the molecule is CC(=O)SCC[C@@H]1[C@@H](CO[Si](C)(C)C(C)(C)C)[C@H](C)C[C@@H]1C. The first kappa shape index (κ1) is 20.2. The van der Waals surface area contributed by atoms with Crippen molar-refractivity contribution in [1.29, 1.82) is 0 Å². The summed E-state index contributed by atoms with van der Waals surface area (Å²) in [4.78, 5) is 11.2. The number of thioether (sulfide) groups is 1. The van der Waals surface area contributed by atoms with Crippen LogP contribution in [0.2, 0.25) is 18.1 Å². The lowest BCUT2D eigenvalue weighted by atomic mass is 9.86. The highest BCUT2D eigenvalue weighted by Gasteiger charge is 2.42. The molecule has 0 N–H and O–H groups in total. The largest absolute Gasteiger partial charge is 0.417 e. The minimum Gasteiger partial charge on any atom is -0.417 e. The lowest BCUT2D eigenvalue weighted by Crippen LogP contribution is -2.42. The summed E-state index contributed by atoms with van der Waals surface area (Å²) in [5, 5.41) is 0.522. The molecule has 0 unspecified atom stereocenters. The van der Waals surface area contributed by atoms with Gasteiger partial charge in [-0.05, 0) is 54.6 Å². The Balaban J connectivity index is 2.63. The molecule has 0 spiro atoms. The Kier molecular flexibility index (Phi) is 7.22. The Morgan fingerprint density at radius 1 is 1.18 bits per heavy atom. The number of hydrogen-bond acceptors (Lipinski definition) is 3. The van der Waals surface area contributed by atoms with Crippen LogP contribution in [0.4, 0.5) is 0 Å². The molecular weight excluding hydrogens is 308 g/mol. The summed E-state index contributed by atoms with van der Waals surface area (Å²) in [6.45, 7) is 19.0. The maximum absolute atomic E-state index is 11.2. The van der Waals surface area contributed by atoms with E-state index in [1.807, 2.05) is 0 Å². The van der Waals surface area contributed by atoms with Crippen LogP contribution in [-0.4, -0.2) is 25.8 Å². The number of carbonyl (C=O) groups is 1. The molecule has 4 atom stereocenters. The van der Waals surface area contributed by atoms with Gasteiger partial charge in [0.05, 0.1) is 0 Å². The first-order valence-electron chi connectivity index (χ1n) is 8.73. The summed E-state index contributed by atoms with van der Waals surface area (Å²) in [5.74, 6) is 3.85. The summed E-state index contributed by atoms with van der Waals surface area (Å²) in [6, 6.07) is 0. The molecule has 0 amide bonds. The molecule has 0 heterocycles. The van der Waals surface area contributed by atoms with Crippen LogP contribution in [0, 0.1) is 23.7 Å². The molecule has 2 nitrogen and oxygen atoms in total. The Morgan fingerprint density at radius 3 is 2.23 bits per heavy atom. The predicted octanol–water partition coefficient (Wildman–Crippen LogP) is 5.59. The van der Waals surface area contributed by atoms with E-state index in [2.05, 4.69) is 47.7 Å². The first-order chi connectivity index (χ1) is 9.95. The van der Waals surface area contributed by atoms with Crippen LogP contribution >= 0.6 is 11.8 Å². The van der Waals surface area contributed by atoms with Crippen molar-refractivity contribution in [2.75, 3.05) is 12.4 Å². The fourth-order valence-electron chi connectivity index (χ4n) is 3.43. The van der Waals surface area contributed by atoms with E-state index in [-0.39, 0.29) is 10.2 Å². The van der Waals surface area contributed by atoms with Gasteiger partial charge in [-0.2, -0.15) is 0 Å². The molecule has 4 heteroatoms. The van der Waals surface area contributed by atoms with E-state index in [1.165, 1.54) is 18.2 Å². The lowest BCUT2D eigenvalue weighted by molar-refractivity contribution is -0.109. The summed E-state index contributed by atoms with van der Waals surface area (Å²) >= 11 is 1.48.